The average Bonchev–Trinajstić information content (AvgIpc) is 3.87. The van der Waals surface area contributed by atoms with Crippen molar-refractivity contribution in [2.24, 2.45) is 5.92 Å². The molecule has 364 valence electrons. The summed E-state index contributed by atoms with van der Waals surface area (Å²) in [6, 6.07) is 51.1. The van der Waals surface area contributed by atoms with Crippen LogP contribution in [0.2, 0.25) is 0 Å². The van der Waals surface area contributed by atoms with E-state index < -0.39 is 66.1 Å². The maximum atomic E-state index is 14.3. The van der Waals surface area contributed by atoms with Gasteiger partial charge in [-0.05, 0) is 101 Å². The van der Waals surface area contributed by atoms with E-state index >= 15 is 0 Å². The van der Waals surface area contributed by atoms with Crippen LogP contribution in [0.4, 0.5) is 10.1 Å². The highest BCUT2D eigenvalue weighted by Gasteiger charge is 2.48. The molecule has 6 aromatic carbocycles. The van der Waals surface area contributed by atoms with Crippen molar-refractivity contribution in [2.45, 2.75) is 63.3 Å². The number of nitrogens with zero attached hydrogens (tertiary/aromatic N) is 4. The third-order valence-electron chi connectivity index (χ3n) is 12.5. The Morgan fingerprint density at radius 1 is 0.722 bits per heavy atom. The summed E-state index contributed by atoms with van der Waals surface area (Å²) in [6.45, 7) is 2.97. The number of esters is 3. The van der Waals surface area contributed by atoms with Crippen LogP contribution in [0.25, 0.3) is 0 Å². The molecule has 2 heterocycles. The van der Waals surface area contributed by atoms with Gasteiger partial charge >= 0.3 is 17.9 Å². The molecule has 0 bridgehead atoms. The number of hydrogen-bond acceptors (Lipinski definition) is 10. The van der Waals surface area contributed by atoms with Gasteiger partial charge in [0.1, 0.15) is 37.0 Å². The summed E-state index contributed by atoms with van der Waals surface area (Å²) in [6.07, 6.45) is 5.24. The van der Waals surface area contributed by atoms with Crippen molar-refractivity contribution >= 4 is 29.5 Å². The maximum absolute atomic E-state index is 14.3. The van der Waals surface area contributed by atoms with Gasteiger partial charge in [-0.3, -0.25) is 19.2 Å². The normalized spacial score (nSPS) is 15.0. The van der Waals surface area contributed by atoms with Crippen LogP contribution in [0.1, 0.15) is 90.5 Å². The van der Waals surface area contributed by atoms with Gasteiger partial charge in [-0.15, -0.1) is 5.10 Å². The number of halogens is 1. The molecule has 1 aliphatic heterocycles. The molecule has 13 heteroatoms. The van der Waals surface area contributed by atoms with Crippen LogP contribution in [-0.2, 0) is 45.3 Å². The molecule has 72 heavy (non-hydrogen) atoms. The monoisotopic (exact) mass is 964 g/mol. The Balaban J connectivity index is 1.05. The zero-order valence-electron chi connectivity index (χ0n) is 40.1. The Morgan fingerprint density at radius 3 is 1.81 bits per heavy atom. The smallest absolute Gasteiger partial charge is 0.303 e. The van der Waals surface area contributed by atoms with Gasteiger partial charge in [0.15, 0.2) is 5.60 Å². The largest absolute Gasteiger partial charge is 0.462 e. The minimum Gasteiger partial charge on any atom is -0.462 e. The predicted molar refractivity (Wildman–Crippen MR) is 268 cm³/mol. The summed E-state index contributed by atoms with van der Waals surface area (Å²) in [7, 11) is 0. The molecule has 8 rings (SSSR count). The highest BCUT2D eigenvalue weighted by molar-refractivity contribution is 6.03. The molecule has 1 saturated heterocycles. The molecule has 1 aromatic heterocycles. The molecule has 0 saturated carbocycles. The zero-order valence-corrected chi connectivity index (χ0v) is 40.1. The molecule has 0 aliphatic carbocycles. The second-order valence-corrected chi connectivity index (χ2v) is 17.6. The summed E-state index contributed by atoms with van der Waals surface area (Å²) in [4.78, 5) is 55.8. The van der Waals surface area contributed by atoms with E-state index in [9.17, 15) is 28.7 Å². The number of allylic oxidation sites excluding steroid dienone is 1. The first-order valence-corrected chi connectivity index (χ1v) is 23.6. The lowest BCUT2D eigenvalue weighted by Gasteiger charge is -2.48. The summed E-state index contributed by atoms with van der Waals surface area (Å²) in [5.41, 5.74) is 4.16. The van der Waals surface area contributed by atoms with Crippen molar-refractivity contribution in [3.05, 3.63) is 233 Å². The molecule has 1 amide bonds. The lowest BCUT2D eigenvalue weighted by Crippen LogP contribution is -2.55. The molecule has 0 radical (unpaired) electrons. The van der Waals surface area contributed by atoms with Gasteiger partial charge in [0.05, 0.1) is 12.0 Å². The Hall–Kier alpha value is -8.47. The fourth-order valence-electron chi connectivity index (χ4n) is 9.11. The number of anilines is 1. The van der Waals surface area contributed by atoms with Gasteiger partial charge in [0.2, 0.25) is 11.7 Å². The Bertz CT molecular complexity index is 2960. The van der Waals surface area contributed by atoms with Crippen molar-refractivity contribution in [3.8, 4) is 11.8 Å². The number of β-lactam (4-membered cyclic amide) rings is 1. The van der Waals surface area contributed by atoms with Crippen LogP contribution in [0.5, 0.6) is 0 Å². The lowest BCUT2D eigenvalue weighted by molar-refractivity contribution is -0.155. The van der Waals surface area contributed by atoms with E-state index in [1.165, 1.54) is 39.0 Å². The number of aromatic nitrogens is 3. The van der Waals surface area contributed by atoms with Crippen molar-refractivity contribution in [1.82, 2.24) is 14.8 Å². The number of ether oxygens (including phenoxy) is 3. The number of hydrogen-bond donors (Lipinski definition) is 1. The standard InChI is InChI=1S/C59H53FN4O8/c1-41(65)70-38-58(69,39-71-42(2)66)37-13-14-44-21-26-47(27-22-44)56-53(34-35-54(72-43(3)67)46-28-30-51(60)31-29-46)57(68)64(56)52-32-23-45(24-33-52)25-36-55-61-40-63(62-55)59(48-15-7-4-8-16-48,49-17-9-5-10-18-49)50-19-11-6-12-20-50/h4-13,15-24,26-33,37,40,53-54,56,69H,14,34-35,38-39H2,1-3H3/t53?,54-,56+/m0/s1. The van der Waals surface area contributed by atoms with Gasteiger partial charge in [-0.25, -0.2) is 14.1 Å². The second-order valence-electron chi connectivity index (χ2n) is 17.6. The number of benzene rings is 6. The molecule has 1 aliphatic rings. The van der Waals surface area contributed by atoms with Crippen LogP contribution in [0.3, 0.4) is 0 Å². The Morgan fingerprint density at radius 2 is 1.28 bits per heavy atom. The number of carbonyl (C=O) groups is 4. The van der Waals surface area contributed by atoms with E-state index in [2.05, 4.69) is 53.2 Å². The van der Waals surface area contributed by atoms with E-state index in [4.69, 9.17) is 19.3 Å². The summed E-state index contributed by atoms with van der Waals surface area (Å²) in [5.74, 6) is 4.02. The van der Waals surface area contributed by atoms with Crippen LogP contribution in [-0.4, -0.2) is 62.5 Å². The summed E-state index contributed by atoms with van der Waals surface area (Å²) < 4.78 is 31.5. The highest BCUT2D eigenvalue weighted by Crippen LogP contribution is 2.47. The van der Waals surface area contributed by atoms with Gasteiger partial charge in [0.25, 0.3) is 0 Å². The summed E-state index contributed by atoms with van der Waals surface area (Å²) in [5, 5.41) is 16.0. The van der Waals surface area contributed by atoms with Gasteiger partial charge in [-0.1, -0.05) is 139 Å². The molecule has 0 spiro atoms. The first kappa shape index (κ1) is 49.9. The maximum Gasteiger partial charge on any atom is 0.303 e. The fourth-order valence-corrected chi connectivity index (χ4v) is 9.11. The molecule has 12 nitrogen and oxygen atoms in total. The minimum atomic E-state index is -1.73. The van der Waals surface area contributed by atoms with Crippen LogP contribution in [0, 0.1) is 23.6 Å². The summed E-state index contributed by atoms with van der Waals surface area (Å²) >= 11 is 0. The van der Waals surface area contributed by atoms with Crippen LogP contribution in [0.15, 0.2) is 182 Å². The first-order valence-electron chi connectivity index (χ1n) is 23.6. The first-order chi connectivity index (χ1) is 34.8. The highest BCUT2D eigenvalue weighted by atomic mass is 19.1. The van der Waals surface area contributed by atoms with E-state index in [-0.39, 0.29) is 5.91 Å². The molecule has 1 fully saturated rings. The molecule has 7 aromatic rings. The molecule has 1 unspecified atom stereocenters. The lowest BCUT2D eigenvalue weighted by atomic mass is 9.77. The van der Waals surface area contributed by atoms with Crippen LogP contribution >= 0.6 is 0 Å². The van der Waals surface area contributed by atoms with Crippen LogP contribution < -0.4 is 4.90 Å². The number of rotatable bonds is 18. The second kappa shape index (κ2) is 22.5. The zero-order chi connectivity index (χ0) is 50.7. The quantitative estimate of drug-likeness (QED) is 0.0220. The van der Waals surface area contributed by atoms with E-state index in [1.807, 2.05) is 108 Å². The molecular weight excluding hydrogens is 912 g/mol. The van der Waals surface area contributed by atoms with Crippen molar-refractivity contribution < 1.29 is 42.9 Å². The van der Waals surface area contributed by atoms with Gasteiger partial charge < -0.3 is 24.2 Å². The van der Waals surface area contributed by atoms with Gasteiger partial charge in [0, 0.05) is 32.0 Å². The number of carbonyl (C=O) groups excluding carboxylic acids is 4. The van der Waals surface area contributed by atoms with Gasteiger partial charge in [-0.2, -0.15) is 0 Å². The Labute approximate surface area is 417 Å². The molecule has 3 atom stereocenters. The third-order valence-corrected chi connectivity index (χ3v) is 12.5. The number of amides is 1. The third kappa shape index (κ3) is 11.6. The van der Waals surface area contributed by atoms with E-state index in [0.29, 0.717) is 41.9 Å². The van der Waals surface area contributed by atoms with E-state index in [0.717, 1.165) is 27.8 Å². The SMILES string of the molecule is CC(=O)OCC(O)(C=CCc1ccc([C@@H]2C(CC[C@H](OC(C)=O)c3ccc(F)cc3)C(=O)N2c2ccc(C#Cc3ncn(C(c4ccccc4)(c4ccccc4)c4ccccc4)n3)cc2)cc1)COC(C)=O. The van der Waals surface area contributed by atoms with E-state index in [1.54, 1.807) is 29.4 Å². The fraction of sp³-hybridized carbons (Fsp3) is 0.220. The number of aliphatic hydroxyl groups is 1. The van der Waals surface area contributed by atoms with Crippen molar-refractivity contribution in [1.29, 1.82) is 0 Å². The average molecular weight is 965 g/mol. The minimum absolute atomic E-state index is 0.111. The Kier molecular flexibility index (Phi) is 15.6. The topological polar surface area (TPSA) is 150 Å². The molecular formula is C59H53FN4O8. The van der Waals surface area contributed by atoms with Crippen molar-refractivity contribution in [3.63, 3.8) is 0 Å². The van der Waals surface area contributed by atoms with Crippen molar-refractivity contribution in [2.75, 3.05) is 18.1 Å². The molecule has 1 N–H and O–H groups in total. The predicted octanol–water partition coefficient (Wildman–Crippen LogP) is 9.40.